The number of nitrogens with one attached hydrogen (secondary N) is 1. The number of para-hydroxylation sites is 1. The summed E-state index contributed by atoms with van der Waals surface area (Å²) in [5, 5.41) is 1.11. The number of carbonyl (C=O) groups is 1. The van der Waals surface area contributed by atoms with Gasteiger partial charge in [0.15, 0.2) is 0 Å². The number of rotatable bonds is 1. The lowest BCUT2D eigenvalue weighted by Crippen LogP contribution is -2.37. The molecule has 0 unspecified atom stereocenters. The summed E-state index contributed by atoms with van der Waals surface area (Å²) in [4.78, 5) is 18.4. The van der Waals surface area contributed by atoms with E-state index in [0.717, 1.165) is 36.0 Å². The monoisotopic (exact) mass is 296 g/mol. The molecule has 2 aromatic rings. The highest BCUT2D eigenvalue weighted by Crippen LogP contribution is 2.52. The zero-order valence-corrected chi connectivity index (χ0v) is 13.6. The van der Waals surface area contributed by atoms with Crippen molar-refractivity contribution in [3.8, 4) is 0 Å². The molecule has 1 saturated heterocycles. The van der Waals surface area contributed by atoms with Crippen molar-refractivity contribution in [3.63, 3.8) is 0 Å². The molecule has 2 fully saturated rings. The average Bonchev–Trinajstić information content (AvgIpc) is 2.95. The van der Waals surface area contributed by atoms with Gasteiger partial charge in [-0.05, 0) is 42.2 Å². The van der Waals surface area contributed by atoms with Crippen LogP contribution in [0.25, 0.3) is 10.9 Å². The highest BCUT2D eigenvalue weighted by atomic mass is 16.2. The van der Waals surface area contributed by atoms with E-state index in [-0.39, 0.29) is 11.3 Å². The highest BCUT2D eigenvalue weighted by Gasteiger charge is 2.51. The van der Waals surface area contributed by atoms with Crippen LogP contribution in [0.2, 0.25) is 0 Å². The van der Waals surface area contributed by atoms with Crippen molar-refractivity contribution >= 4 is 16.8 Å². The van der Waals surface area contributed by atoms with Gasteiger partial charge in [0, 0.05) is 23.5 Å². The van der Waals surface area contributed by atoms with E-state index >= 15 is 0 Å². The number of aromatic nitrogens is 1. The molecule has 2 bridgehead atoms. The Balaban J connectivity index is 1.66. The Labute approximate surface area is 131 Å². The first-order valence-corrected chi connectivity index (χ1v) is 8.24. The van der Waals surface area contributed by atoms with Crippen LogP contribution in [0.5, 0.6) is 0 Å². The van der Waals surface area contributed by atoms with Gasteiger partial charge in [-0.2, -0.15) is 0 Å². The quantitative estimate of drug-likeness (QED) is 0.841. The number of aromatic amines is 1. The number of likely N-dealkylation sites (tertiary alicyclic amines) is 1. The van der Waals surface area contributed by atoms with Crippen molar-refractivity contribution in [2.45, 2.75) is 46.1 Å². The standard InChI is InChI=1S/C19H24N2O/c1-18(2)9-14-10-19(3,11-18)12-21(14)17(22)16-8-13-6-4-5-7-15(13)20-16/h4-8,14,20H,9-12H2,1-3H3/t14-,19+/m1/s1. The zero-order chi connectivity index (χ0) is 15.5. The molecule has 1 aliphatic carbocycles. The summed E-state index contributed by atoms with van der Waals surface area (Å²) < 4.78 is 0. The summed E-state index contributed by atoms with van der Waals surface area (Å²) in [6.07, 6.45) is 3.49. The Kier molecular flexibility index (Phi) is 2.76. The van der Waals surface area contributed by atoms with E-state index in [0.29, 0.717) is 11.5 Å². The molecule has 2 aliphatic rings. The first-order valence-electron chi connectivity index (χ1n) is 8.24. The molecule has 0 radical (unpaired) electrons. The van der Waals surface area contributed by atoms with Crippen LogP contribution < -0.4 is 0 Å². The topological polar surface area (TPSA) is 36.1 Å². The molecule has 1 aromatic heterocycles. The zero-order valence-electron chi connectivity index (χ0n) is 13.6. The van der Waals surface area contributed by atoms with E-state index in [4.69, 9.17) is 0 Å². The van der Waals surface area contributed by atoms with Gasteiger partial charge in [0.2, 0.25) is 0 Å². The van der Waals surface area contributed by atoms with E-state index < -0.39 is 0 Å². The molecule has 3 heteroatoms. The summed E-state index contributed by atoms with van der Waals surface area (Å²) in [6, 6.07) is 10.5. The molecule has 3 nitrogen and oxygen atoms in total. The van der Waals surface area contributed by atoms with Gasteiger partial charge in [0.25, 0.3) is 5.91 Å². The van der Waals surface area contributed by atoms with E-state index in [1.807, 2.05) is 24.3 Å². The lowest BCUT2D eigenvalue weighted by atomic mass is 9.65. The van der Waals surface area contributed by atoms with Crippen molar-refractivity contribution in [1.29, 1.82) is 0 Å². The van der Waals surface area contributed by atoms with Gasteiger partial charge in [-0.25, -0.2) is 0 Å². The van der Waals surface area contributed by atoms with Crippen LogP contribution >= 0.6 is 0 Å². The minimum Gasteiger partial charge on any atom is -0.351 e. The highest BCUT2D eigenvalue weighted by molar-refractivity contribution is 5.98. The van der Waals surface area contributed by atoms with Gasteiger partial charge >= 0.3 is 0 Å². The van der Waals surface area contributed by atoms with Crippen LogP contribution in [-0.4, -0.2) is 28.4 Å². The molecule has 1 saturated carbocycles. The third-order valence-corrected chi connectivity index (χ3v) is 5.44. The van der Waals surface area contributed by atoms with E-state index in [2.05, 4.69) is 36.7 Å². The van der Waals surface area contributed by atoms with Crippen molar-refractivity contribution in [2.24, 2.45) is 10.8 Å². The molecule has 116 valence electrons. The van der Waals surface area contributed by atoms with Crippen molar-refractivity contribution in [2.75, 3.05) is 6.54 Å². The SMILES string of the molecule is CC1(C)C[C@@H]2C[C@](C)(CN2C(=O)c2cc3ccccc3[nH]2)C1. The van der Waals surface area contributed by atoms with Crippen molar-refractivity contribution in [1.82, 2.24) is 9.88 Å². The summed E-state index contributed by atoms with van der Waals surface area (Å²) in [5.41, 5.74) is 2.40. The lowest BCUT2D eigenvalue weighted by Gasteiger charge is -2.39. The molecule has 0 spiro atoms. The normalized spacial score (nSPS) is 30.0. The van der Waals surface area contributed by atoms with E-state index in [9.17, 15) is 4.79 Å². The smallest absolute Gasteiger partial charge is 0.270 e. The van der Waals surface area contributed by atoms with Gasteiger partial charge < -0.3 is 9.88 Å². The van der Waals surface area contributed by atoms with Crippen LogP contribution in [0.15, 0.2) is 30.3 Å². The molecule has 4 rings (SSSR count). The second kappa shape index (κ2) is 4.37. The molecule has 2 atom stereocenters. The van der Waals surface area contributed by atoms with Gasteiger partial charge in [0.1, 0.15) is 5.69 Å². The summed E-state index contributed by atoms with van der Waals surface area (Å²) in [5.74, 6) is 0.169. The number of amides is 1. The molecule has 1 amide bonds. The first-order chi connectivity index (χ1) is 10.4. The fourth-order valence-electron chi connectivity index (χ4n) is 5.04. The predicted molar refractivity (Wildman–Crippen MR) is 88.9 cm³/mol. The second-order valence-electron chi connectivity index (χ2n) is 8.42. The van der Waals surface area contributed by atoms with Gasteiger partial charge in [-0.1, -0.05) is 39.0 Å². The maximum atomic E-state index is 13.0. The van der Waals surface area contributed by atoms with E-state index in [1.54, 1.807) is 0 Å². The van der Waals surface area contributed by atoms with Crippen LogP contribution in [0, 0.1) is 10.8 Å². The minimum absolute atomic E-state index is 0.169. The molecule has 1 aromatic carbocycles. The van der Waals surface area contributed by atoms with Crippen molar-refractivity contribution < 1.29 is 4.79 Å². The first kappa shape index (κ1) is 13.9. The Morgan fingerprint density at radius 1 is 1.23 bits per heavy atom. The number of hydrogen-bond donors (Lipinski definition) is 1. The van der Waals surface area contributed by atoms with Gasteiger partial charge in [-0.15, -0.1) is 0 Å². The molecule has 2 heterocycles. The summed E-state index contributed by atoms with van der Waals surface area (Å²) >= 11 is 0. The number of benzene rings is 1. The Morgan fingerprint density at radius 3 is 2.77 bits per heavy atom. The third kappa shape index (κ3) is 2.15. The number of fused-ring (bicyclic) bond motifs is 3. The maximum absolute atomic E-state index is 13.0. The third-order valence-electron chi connectivity index (χ3n) is 5.44. The Bertz CT molecular complexity index is 712. The molecule has 22 heavy (non-hydrogen) atoms. The minimum atomic E-state index is 0.169. The number of carbonyl (C=O) groups excluding carboxylic acids is 1. The van der Waals surface area contributed by atoms with Crippen LogP contribution in [0.3, 0.4) is 0 Å². The summed E-state index contributed by atoms with van der Waals surface area (Å²) in [7, 11) is 0. The van der Waals surface area contributed by atoms with Crippen molar-refractivity contribution in [3.05, 3.63) is 36.0 Å². The molecule has 1 N–H and O–H groups in total. The van der Waals surface area contributed by atoms with Crippen LogP contribution in [-0.2, 0) is 0 Å². The Hall–Kier alpha value is -1.77. The van der Waals surface area contributed by atoms with E-state index in [1.165, 1.54) is 6.42 Å². The molecular weight excluding hydrogens is 272 g/mol. The largest absolute Gasteiger partial charge is 0.351 e. The number of H-pyrrole nitrogens is 1. The predicted octanol–water partition coefficient (Wildman–Crippen LogP) is 4.21. The lowest BCUT2D eigenvalue weighted by molar-refractivity contribution is 0.0703. The van der Waals surface area contributed by atoms with Crippen LogP contribution in [0.4, 0.5) is 0 Å². The number of nitrogens with zero attached hydrogens (tertiary/aromatic N) is 1. The van der Waals surface area contributed by atoms with Crippen LogP contribution in [0.1, 0.15) is 50.5 Å². The maximum Gasteiger partial charge on any atom is 0.270 e. The Morgan fingerprint density at radius 2 is 2.00 bits per heavy atom. The fraction of sp³-hybridized carbons (Fsp3) is 0.526. The molecular formula is C19H24N2O. The second-order valence-corrected chi connectivity index (χ2v) is 8.42. The fourth-order valence-corrected chi connectivity index (χ4v) is 5.04. The number of hydrogen-bond acceptors (Lipinski definition) is 1. The molecule has 1 aliphatic heterocycles. The average molecular weight is 296 g/mol. The van der Waals surface area contributed by atoms with Gasteiger partial charge in [0.05, 0.1) is 0 Å². The summed E-state index contributed by atoms with van der Waals surface area (Å²) in [6.45, 7) is 7.93. The van der Waals surface area contributed by atoms with Gasteiger partial charge in [-0.3, -0.25) is 4.79 Å².